The van der Waals surface area contributed by atoms with E-state index in [9.17, 15) is 14.4 Å². The third-order valence-electron chi connectivity index (χ3n) is 3.75. The van der Waals surface area contributed by atoms with Gasteiger partial charge in [-0.2, -0.15) is 0 Å². The maximum atomic E-state index is 12.1. The number of anilines is 2. The van der Waals surface area contributed by atoms with E-state index < -0.39 is 5.97 Å². The molecule has 3 aromatic rings. The number of esters is 1. The zero-order valence-corrected chi connectivity index (χ0v) is 16.4. The largest absolute Gasteiger partial charge is 0.456 e. The number of aldehydes is 1. The minimum Gasteiger partial charge on any atom is -0.456 e. The third-order valence-corrected chi connectivity index (χ3v) is 4.86. The molecule has 0 atom stereocenters. The van der Waals surface area contributed by atoms with Crippen LogP contribution in [0.2, 0.25) is 5.02 Å². The normalized spacial score (nSPS) is 10.4. The first kappa shape index (κ1) is 19.7. The number of rotatable bonds is 6. The van der Waals surface area contributed by atoms with Gasteiger partial charge in [0.1, 0.15) is 12.9 Å². The lowest BCUT2D eigenvalue weighted by molar-refractivity contribution is -0.115. The molecule has 0 aliphatic rings. The molecule has 0 radical (unpaired) electrons. The second-order valence-electron chi connectivity index (χ2n) is 5.77. The fourth-order valence-corrected chi connectivity index (χ4v) is 3.48. The molecular formula is C20H15ClN2O4S. The number of aromatic nitrogens is 1. The zero-order valence-electron chi connectivity index (χ0n) is 14.8. The monoisotopic (exact) mass is 414 g/mol. The predicted octanol–water partition coefficient (Wildman–Crippen LogP) is 4.65. The van der Waals surface area contributed by atoms with Crippen molar-refractivity contribution in [2.75, 3.05) is 4.90 Å². The number of hydrogen-bond donors (Lipinski definition) is 0. The van der Waals surface area contributed by atoms with Crippen molar-refractivity contribution in [3.8, 4) is 0 Å². The van der Waals surface area contributed by atoms with Crippen molar-refractivity contribution in [3.05, 3.63) is 75.8 Å². The number of halogens is 1. The van der Waals surface area contributed by atoms with Crippen LogP contribution in [-0.4, -0.2) is 23.1 Å². The van der Waals surface area contributed by atoms with E-state index in [0.29, 0.717) is 38.9 Å². The average molecular weight is 415 g/mol. The van der Waals surface area contributed by atoms with Gasteiger partial charge in [-0.25, -0.2) is 9.78 Å². The number of ether oxygens (including phenoxy) is 1. The van der Waals surface area contributed by atoms with Crippen LogP contribution in [0, 0.1) is 0 Å². The van der Waals surface area contributed by atoms with Crippen molar-refractivity contribution in [2.45, 2.75) is 13.5 Å². The van der Waals surface area contributed by atoms with Crippen LogP contribution in [0.5, 0.6) is 0 Å². The topological polar surface area (TPSA) is 76.6 Å². The lowest BCUT2D eigenvalue weighted by Crippen LogP contribution is -2.22. The smallest absolute Gasteiger partial charge is 0.338 e. The fourth-order valence-electron chi connectivity index (χ4n) is 2.43. The van der Waals surface area contributed by atoms with Crippen LogP contribution in [0.4, 0.5) is 10.8 Å². The summed E-state index contributed by atoms with van der Waals surface area (Å²) in [5.74, 6) is -0.735. The molecule has 6 nitrogen and oxygen atoms in total. The first-order valence-corrected chi connectivity index (χ1v) is 9.46. The van der Waals surface area contributed by atoms with Crippen LogP contribution in [0.3, 0.4) is 0 Å². The van der Waals surface area contributed by atoms with Crippen LogP contribution in [0.1, 0.15) is 33.3 Å². The Morgan fingerprint density at radius 3 is 2.61 bits per heavy atom. The lowest BCUT2D eigenvalue weighted by Gasteiger charge is -2.18. The van der Waals surface area contributed by atoms with Gasteiger partial charge >= 0.3 is 5.97 Å². The highest BCUT2D eigenvalue weighted by atomic mass is 35.5. The van der Waals surface area contributed by atoms with Crippen LogP contribution >= 0.6 is 22.9 Å². The number of nitrogens with zero attached hydrogens (tertiary/aromatic N) is 2. The Bertz CT molecular complexity index is 1020. The van der Waals surface area contributed by atoms with Crippen molar-refractivity contribution < 1.29 is 19.1 Å². The Balaban J connectivity index is 1.71. The minimum atomic E-state index is -0.523. The second kappa shape index (κ2) is 8.77. The Morgan fingerprint density at radius 1 is 1.21 bits per heavy atom. The van der Waals surface area contributed by atoms with Gasteiger partial charge < -0.3 is 4.74 Å². The molecule has 0 aliphatic heterocycles. The molecule has 0 N–H and O–H groups in total. The SMILES string of the molecule is CC(=O)N(c1cccc(Cl)c1)c1nc(COC(=O)c2ccc(C=O)cc2)cs1. The Labute approximate surface area is 170 Å². The number of amides is 1. The molecule has 2 aromatic carbocycles. The summed E-state index contributed by atoms with van der Waals surface area (Å²) in [4.78, 5) is 40.7. The van der Waals surface area contributed by atoms with E-state index in [4.69, 9.17) is 16.3 Å². The number of hydrogen-bond acceptors (Lipinski definition) is 6. The fraction of sp³-hybridized carbons (Fsp3) is 0.100. The van der Waals surface area contributed by atoms with Crippen LogP contribution < -0.4 is 4.90 Å². The molecule has 0 saturated carbocycles. The van der Waals surface area contributed by atoms with Gasteiger partial charge in [-0.15, -0.1) is 11.3 Å². The molecule has 142 valence electrons. The number of thiazole rings is 1. The van der Waals surface area contributed by atoms with Crippen LogP contribution in [0.15, 0.2) is 53.9 Å². The summed E-state index contributed by atoms with van der Waals surface area (Å²) in [6.07, 6.45) is 0.701. The van der Waals surface area contributed by atoms with E-state index in [0.717, 1.165) is 0 Å². The molecule has 8 heteroatoms. The van der Waals surface area contributed by atoms with E-state index in [1.807, 2.05) is 0 Å². The minimum absolute atomic E-state index is 0.0357. The number of benzene rings is 2. The Morgan fingerprint density at radius 2 is 1.96 bits per heavy atom. The quantitative estimate of drug-likeness (QED) is 0.433. The highest BCUT2D eigenvalue weighted by Crippen LogP contribution is 2.30. The predicted molar refractivity (Wildman–Crippen MR) is 107 cm³/mol. The van der Waals surface area contributed by atoms with E-state index in [1.165, 1.54) is 35.3 Å². The molecule has 0 spiro atoms. The lowest BCUT2D eigenvalue weighted by atomic mass is 10.1. The van der Waals surface area contributed by atoms with Gasteiger partial charge in [0.25, 0.3) is 0 Å². The summed E-state index contributed by atoms with van der Waals surface area (Å²) in [5.41, 5.74) is 1.94. The molecule has 0 bridgehead atoms. The molecule has 0 aliphatic carbocycles. The number of carbonyl (C=O) groups is 3. The first-order valence-electron chi connectivity index (χ1n) is 8.21. The van der Waals surface area contributed by atoms with Crippen molar-refractivity contribution in [1.29, 1.82) is 0 Å². The Kier molecular flexibility index (Phi) is 6.18. The summed E-state index contributed by atoms with van der Waals surface area (Å²) in [7, 11) is 0. The average Bonchev–Trinajstić information content (AvgIpc) is 3.14. The van der Waals surface area contributed by atoms with E-state index >= 15 is 0 Å². The summed E-state index contributed by atoms with van der Waals surface area (Å²) >= 11 is 7.28. The molecule has 1 heterocycles. The maximum Gasteiger partial charge on any atom is 0.338 e. The van der Waals surface area contributed by atoms with Gasteiger partial charge in [0.2, 0.25) is 5.91 Å². The molecule has 0 saturated heterocycles. The highest BCUT2D eigenvalue weighted by Gasteiger charge is 2.19. The van der Waals surface area contributed by atoms with Crippen molar-refractivity contribution >= 4 is 51.9 Å². The summed E-state index contributed by atoms with van der Waals surface area (Å²) in [6.45, 7) is 1.40. The van der Waals surface area contributed by atoms with Gasteiger partial charge in [-0.3, -0.25) is 14.5 Å². The molecule has 0 unspecified atom stereocenters. The standard InChI is InChI=1S/C20H15ClN2O4S/c1-13(25)23(18-4-2-3-16(21)9-18)20-22-17(12-28-20)11-27-19(26)15-7-5-14(10-24)6-8-15/h2-10,12H,11H2,1H3. The summed E-state index contributed by atoms with van der Waals surface area (Å²) in [5, 5.41) is 2.68. The van der Waals surface area contributed by atoms with Gasteiger partial charge in [-0.05, 0) is 30.3 Å². The van der Waals surface area contributed by atoms with Crippen molar-refractivity contribution in [1.82, 2.24) is 4.98 Å². The molecule has 1 aromatic heterocycles. The summed E-state index contributed by atoms with van der Waals surface area (Å²) in [6, 6.07) is 13.0. The van der Waals surface area contributed by atoms with Crippen molar-refractivity contribution in [2.24, 2.45) is 0 Å². The molecular weight excluding hydrogens is 400 g/mol. The molecule has 0 fully saturated rings. The maximum absolute atomic E-state index is 12.1. The van der Waals surface area contributed by atoms with E-state index in [2.05, 4.69) is 4.98 Å². The Hall–Kier alpha value is -3.03. The van der Waals surface area contributed by atoms with Crippen molar-refractivity contribution in [3.63, 3.8) is 0 Å². The first-order chi connectivity index (χ1) is 13.5. The van der Waals surface area contributed by atoms with Gasteiger partial charge in [0, 0.05) is 22.9 Å². The van der Waals surface area contributed by atoms with E-state index in [1.54, 1.807) is 41.8 Å². The second-order valence-corrected chi connectivity index (χ2v) is 7.04. The molecule has 3 rings (SSSR count). The molecule has 28 heavy (non-hydrogen) atoms. The zero-order chi connectivity index (χ0) is 20.1. The van der Waals surface area contributed by atoms with Gasteiger partial charge in [0.15, 0.2) is 5.13 Å². The highest BCUT2D eigenvalue weighted by molar-refractivity contribution is 7.14. The van der Waals surface area contributed by atoms with Crippen LogP contribution in [0.25, 0.3) is 0 Å². The van der Waals surface area contributed by atoms with Gasteiger partial charge in [0.05, 0.1) is 16.9 Å². The third kappa shape index (κ3) is 4.62. The summed E-state index contributed by atoms with van der Waals surface area (Å²) < 4.78 is 5.26. The van der Waals surface area contributed by atoms with Crippen LogP contribution in [-0.2, 0) is 16.1 Å². The van der Waals surface area contributed by atoms with E-state index in [-0.39, 0.29) is 12.5 Å². The van der Waals surface area contributed by atoms with Gasteiger partial charge in [-0.1, -0.05) is 29.8 Å². The molecule has 1 amide bonds. The number of carbonyl (C=O) groups excluding carboxylic acids is 3.